The minimum Gasteiger partial charge on any atom is -0.385 e. The Labute approximate surface area is 102 Å². The van der Waals surface area contributed by atoms with E-state index in [4.69, 9.17) is 0 Å². The van der Waals surface area contributed by atoms with Crippen molar-refractivity contribution >= 4 is 0 Å². The van der Waals surface area contributed by atoms with E-state index in [-0.39, 0.29) is 5.82 Å². The second-order valence-electron chi connectivity index (χ2n) is 5.27. The summed E-state index contributed by atoms with van der Waals surface area (Å²) in [6, 6.07) is 4.98. The van der Waals surface area contributed by atoms with E-state index in [1.807, 2.05) is 6.92 Å². The molecule has 1 N–H and O–H groups in total. The van der Waals surface area contributed by atoms with Gasteiger partial charge in [0.2, 0.25) is 0 Å². The molecule has 2 unspecified atom stereocenters. The Bertz CT molecular complexity index is 421. The molecule has 1 saturated heterocycles. The molecule has 1 heterocycles. The van der Waals surface area contributed by atoms with Gasteiger partial charge in [-0.05, 0) is 57.0 Å². The lowest BCUT2D eigenvalue weighted by Gasteiger charge is -2.42. The van der Waals surface area contributed by atoms with E-state index in [9.17, 15) is 9.50 Å². The molecule has 94 valence electrons. The molecular formula is C14H20FNO. The third kappa shape index (κ3) is 2.35. The van der Waals surface area contributed by atoms with Crippen molar-refractivity contribution in [3.63, 3.8) is 0 Å². The Morgan fingerprint density at radius 3 is 2.82 bits per heavy atom. The molecule has 3 heteroatoms. The molecule has 0 aromatic heterocycles. The highest BCUT2D eigenvalue weighted by atomic mass is 19.1. The number of rotatable bonds is 1. The van der Waals surface area contributed by atoms with E-state index in [0.29, 0.717) is 18.9 Å². The summed E-state index contributed by atoms with van der Waals surface area (Å²) in [5.41, 5.74) is 0.834. The number of halogens is 1. The zero-order valence-electron chi connectivity index (χ0n) is 10.7. The summed E-state index contributed by atoms with van der Waals surface area (Å²) in [6.07, 6.45) is 1.33. The molecule has 0 aliphatic carbocycles. The average Bonchev–Trinajstić information content (AvgIpc) is 2.27. The van der Waals surface area contributed by atoms with Gasteiger partial charge in [-0.25, -0.2) is 4.39 Å². The van der Waals surface area contributed by atoms with Crippen molar-refractivity contribution in [1.29, 1.82) is 0 Å². The van der Waals surface area contributed by atoms with Crippen LogP contribution in [0.3, 0.4) is 0 Å². The van der Waals surface area contributed by atoms with Gasteiger partial charge in [-0.3, -0.25) is 0 Å². The van der Waals surface area contributed by atoms with Gasteiger partial charge in [-0.2, -0.15) is 0 Å². The van der Waals surface area contributed by atoms with Gasteiger partial charge in [0.1, 0.15) is 5.82 Å². The number of likely N-dealkylation sites (tertiary alicyclic amines) is 1. The molecule has 1 fully saturated rings. The quantitative estimate of drug-likeness (QED) is 0.811. The summed E-state index contributed by atoms with van der Waals surface area (Å²) >= 11 is 0. The summed E-state index contributed by atoms with van der Waals surface area (Å²) in [6.45, 7) is 4.86. The van der Waals surface area contributed by atoms with Crippen LogP contribution in [0.25, 0.3) is 0 Å². The molecule has 0 radical (unpaired) electrons. The topological polar surface area (TPSA) is 23.5 Å². The van der Waals surface area contributed by atoms with Crippen molar-refractivity contribution in [2.45, 2.75) is 38.3 Å². The van der Waals surface area contributed by atoms with Crippen LogP contribution in [-0.4, -0.2) is 29.6 Å². The molecule has 0 saturated carbocycles. The number of aryl methyl sites for hydroxylation is 1. The van der Waals surface area contributed by atoms with Crippen molar-refractivity contribution < 1.29 is 9.50 Å². The van der Waals surface area contributed by atoms with Gasteiger partial charge in [0.25, 0.3) is 0 Å². The maximum atomic E-state index is 13.3. The normalized spacial score (nSPS) is 30.5. The molecule has 2 nitrogen and oxygen atoms in total. The largest absolute Gasteiger partial charge is 0.385 e. The van der Waals surface area contributed by atoms with Crippen molar-refractivity contribution in [3.05, 3.63) is 35.1 Å². The minimum absolute atomic E-state index is 0.273. The van der Waals surface area contributed by atoms with Gasteiger partial charge in [0, 0.05) is 12.6 Å². The van der Waals surface area contributed by atoms with Crippen LogP contribution in [-0.2, 0) is 5.60 Å². The lowest BCUT2D eigenvalue weighted by Crippen LogP contribution is -2.46. The van der Waals surface area contributed by atoms with E-state index in [0.717, 1.165) is 17.7 Å². The van der Waals surface area contributed by atoms with E-state index >= 15 is 0 Å². The fraction of sp³-hybridized carbons (Fsp3) is 0.571. The summed E-state index contributed by atoms with van der Waals surface area (Å²) in [5.74, 6) is -0.273. The first-order valence-corrected chi connectivity index (χ1v) is 6.11. The Kier molecular flexibility index (Phi) is 3.23. The maximum absolute atomic E-state index is 13.3. The van der Waals surface area contributed by atoms with Crippen LogP contribution in [0.15, 0.2) is 18.2 Å². The highest BCUT2D eigenvalue weighted by Gasteiger charge is 2.37. The Balaban J connectivity index is 2.35. The number of benzene rings is 1. The van der Waals surface area contributed by atoms with Crippen LogP contribution in [0.5, 0.6) is 0 Å². The number of nitrogens with zero attached hydrogens (tertiary/aromatic N) is 1. The molecule has 2 atom stereocenters. The molecule has 2 rings (SSSR count). The smallest absolute Gasteiger partial charge is 0.123 e. The van der Waals surface area contributed by atoms with Gasteiger partial charge in [0.05, 0.1) is 5.60 Å². The first-order valence-electron chi connectivity index (χ1n) is 6.11. The van der Waals surface area contributed by atoms with Gasteiger partial charge < -0.3 is 10.0 Å². The van der Waals surface area contributed by atoms with E-state index < -0.39 is 5.60 Å². The van der Waals surface area contributed by atoms with Crippen LogP contribution in [0.1, 0.15) is 30.9 Å². The summed E-state index contributed by atoms with van der Waals surface area (Å²) in [7, 11) is 2.06. The molecular weight excluding hydrogens is 217 g/mol. The second-order valence-corrected chi connectivity index (χ2v) is 5.27. The first-order chi connectivity index (χ1) is 7.92. The highest BCUT2D eigenvalue weighted by molar-refractivity contribution is 5.32. The fourth-order valence-corrected chi connectivity index (χ4v) is 2.67. The van der Waals surface area contributed by atoms with E-state index in [1.54, 1.807) is 6.07 Å². The van der Waals surface area contributed by atoms with Crippen molar-refractivity contribution in [2.24, 2.45) is 0 Å². The molecule has 1 aliphatic rings. The standard InChI is InChI=1S/C14H20FNO/c1-10-4-5-12(15)8-13(10)14(17)6-7-16(3)11(2)9-14/h4-5,8,11,17H,6-7,9H2,1-3H3. The average molecular weight is 237 g/mol. The zero-order chi connectivity index (χ0) is 12.6. The monoisotopic (exact) mass is 237 g/mol. The SMILES string of the molecule is Cc1ccc(F)cc1C1(O)CCN(C)C(C)C1. The first kappa shape index (κ1) is 12.5. The molecule has 0 bridgehead atoms. The molecule has 1 aromatic carbocycles. The maximum Gasteiger partial charge on any atom is 0.123 e. The Morgan fingerprint density at radius 2 is 2.18 bits per heavy atom. The summed E-state index contributed by atoms with van der Waals surface area (Å²) in [5, 5.41) is 10.7. The van der Waals surface area contributed by atoms with E-state index in [1.165, 1.54) is 12.1 Å². The lowest BCUT2D eigenvalue weighted by atomic mass is 9.79. The predicted octanol–water partition coefficient (Wildman–Crippen LogP) is 2.44. The highest BCUT2D eigenvalue weighted by Crippen LogP contribution is 2.37. The number of hydrogen-bond acceptors (Lipinski definition) is 2. The molecule has 17 heavy (non-hydrogen) atoms. The van der Waals surface area contributed by atoms with Crippen LogP contribution in [0.2, 0.25) is 0 Å². The van der Waals surface area contributed by atoms with Gasteiger partial charge in [0.15, 0.2) is 0 Å². The lowest BCUT2D eigenvalue weighted by molar-refractivity contribution is -0.0414. The van der Waals surface area contributed by atoms with Gasteiger partial charge in [-0.15, -0.1) is 0 Å². The number of aliphatic hydroxyl groups is 1. The van der Waals surface area contributed by atoms with Crippen molar-refractivity contribution in [2.75, 3.05) is 13.6 Å². The Morgan fingerprint density at radius 1 is 1.47 bits per heavy atom. The zero-order valence-corrected chi connectivity index (χ0v) is 10.7. The predicted molar refractivity (Wildman–Crippen MR) is 66.4 cm³/mol. The van der Waals surface area contributed by atoms with Crippen LogP contribution >= 0.6 is 0 Å². The molecule has 1 aromatic rings. The molecule has 0 amide bonds. The number of piperidine rings is 1. The van der Waals surface area contributed by atoms with Crippen molar-refractivity contribution in [1.82, 2.24) is 4.90 Å². The summed E-state index contributed by atoms with van der Waals surface area (Å²) in [4.78, 5) is 2.23. The van der Waals surface area contributed by atoms with Gasteiger partial charge in [-0.1, -0.05) is 6.07 Å². The van der Waals surface area contributed by atoms with Crippen LogP contribution in [0, 0.1) is 12.7 Å². The molecule has 0 spiro atoms. The Hall–Kier alpha value is -0.930. The van der Waals surface area contributed by atoms with Gasteiger partial charge >= 0.3 is 0 Å². The second kappa shape index (κ2) is 4.39. The van der Waals surface area contributed by atoms with Crippen LogP contribution < -0.4 is 0 Å². The van der Waals surface area contributed by atoms with Crippen LogP contribution in [0.4, 0.5) is 4.39 Å². The third-order valence-electron chi connectivity index (χ3n) is 3.96. The summed E-state index contributed by atoms with van der Waals surface area (Å²) < 4.78 is 13.3. The van der Waals surface area contributed by atoms with Crippen molar-refractivity contribution in [3.8, 4) is 0 Å². The molecule has 1 aliphatic heterocycles. The minimum atomic E-state index is -0.877. The third-order valence-corrected chi connectivity index (χ3v) is 3.96. The number of hydrogen-bond donors (Lipinski definition) is 1. The van der Waals surface area contributed by atoms with E-state index in [2.05, 4.69) is 18.9 Å². The fourth-order valence-electron chi connectivity index (χ4n) is 2.67.